The van der Waals surface area contributed by atoms with Gasteiger partial charge < -0.3 is 4.74 Å². The number of ketones is 1. The van der Waals surface area contributed by atoms with Crippen molar-refractivity contribution in [3.63, 3.8) is 0 Å². The summed E-state index contributed by atoms with van der Waals surface area (Å²) in [6.07, 6.45) is 2.26. The van der Waals surface area contributed by atoms with Gasteiger partial charge in [-0.2, -0.15) is 0 Å². The Bertz CT molecular complexity index is 497. The van der Waals surface area contributed by atoms with Crippen LogP contribution in [0.25, 0.3) is 0 Å². The SMILES string of the molecule is CC(C)(C)OC(=O)C1CCCc2ccccc2C1=O. The highest BCUT2D eigenvalue weighted by molar-refractivity contribution is 6.09. The summed E-state index contributed by atoms with van der Waals surface area (Å²) in [6, 6.07) is 7.54. The average molecular weight is 260 g/mol. The topological polar surface area (TPSA) is 43.4 Å². The number of carbonyl (C=O) groups excluding carboxylic acids is 2. The minimum absolute atomic E-state index is 0.0950. The molecule has 1 aliphatic carbocycles. The van der Waals surface area contributed by atoms with Gasteiger partial charge in [0.2, 0.25) is 0 Å². The molecule has 3 heteroatoms. The smallest absolute Gasteiger partial charge is 0.317 e. The number of hydrogen-bond acceptors (Lipinski definition) is 3. The van der Waals surface area contributed by atoms with Gasteiger partial charge in [0, 0.05) is 5.56 Å². The largest absolute Gasteiger partial charge is 0.459 e. The summed E-state index contributed by atoms with van der Waals surface area (Å²) < 4.78 is 5.36. The molecular weight excluding hydrogens is 240 g/mol. The first-order valence-corrected chi connectivity index (χ1v) is 6.73. The van der Waals surface area contributed by atoms with Crippen molar-refractivity contribution in [1.29, 1.82) is 0 Å². The van der Waals surface area contributed by atoms with Crippen molar-refractivity contribution in [2.75, 3.05) is 0 Å². The van der Waals surface area contributed by atoms with E-state index in [1.165, 1.54) is 0 Å². The van der Waals surface area contributed by atoms with Crippen molar-refractivity contribution in [2.24, 2.45) is 5.92 Å². The second kappa shape index (κ2) is 5.16. The minimum Gasteiger partial charge on any atom is -0.459 e. The fraction of sp³-hybridized carbons (Fsp3) is 0.500. The Kier molecular flexibility index (Phi) is 3.74. The molecule has 2 rings (SSSR count). The van der Waals surface area contributed by atoms with Crippen LogP contribution in [0.1, 0.15) is 49.5 Å². The molecule has 0 saturated carbocycles. The Labute approximate surface area is 114 Å². The van der Waals surface area contributed by atoms with Gasteiger partial charge in [0.25, 0.3) is 0 Å². The van der Waals surface area contributed by atoms with E-state index < -0.39 is 17.5 Å². The molecule has 1 aliphatic rings. The van der Waals surface area contributed by atoms with Crippen molar-refractivity contribution in [3.05, 3.63) is 35.4 Å². The standard InChI is InChI=1S/C16H20O3/c1-16(2,3)19-15(18)13-10-6-8-11-7-4-5-9-12(11)14(13)17/h4-5,7,9,13H,6,8,10H2,1-3H3. The lowest BCUT2D eigenvalue weighted by molar-refractivity contribution is -0.158. The van der Waals surface area contributed by atoms with Crippen LogP contribution in [0.3, 0.4) is 0 Å². The van der Waals surface area contributed by atoms with Gasteiger partial charge in [-0.15, -0.1) is 0 Å². The molecule has 0 heterocycles. The normalized spacial score (nSPS) is 19.5. The zero-order valence-electron chi connectivity index (χ0n) is 11.7. The van der Waals surface area contributed by atoms with Gasteiger partial charge in [0.1, 0.15) is 11.5 Å². The lowest BCUT2D eigenvalue weighted by atomic mass is 9.95. The Balaban J connectivity index is 2.25. The van der Waals surface area contributed by atoms with E-state index in [9.17, 15) is 9.59 Å². The fourth-order valence-corrected chi connectivity index (χ4v) is 2.39. The van der Waals surface area contributed by atoms with E-state index in [0.717, 1.165) is 18.4 Å². The van der Waals surface area contributed by atoms with E-state index in [-0.39, 0.29) is 5.78 Å². The number of ether oxygens (including phenoxy) is 1. The van der Waals surface area contributed by atoms with Crippen LogP contribution in [0, 0.1) is 5.92 Å². The molecule has 1 atom stereocenters. The van der Waals surface area contributed by atoms with Crippen LogP contribution in [0.4, 0.5) is 0 Å². The molecule has 0 N–H and O–H groups in total. The summed E-state index contributed by atoms with van der Waals surface area (Å²) in [5, 5.41) is 0. The summed E-state index contributed by atoms with van der Waals surface area (Å²) in [7, 11) is 0. The Hall–Kier alpha value is -1.64. The quantitative estimate of drug-likeness (QED) is 0.442. The number of Topliss-reactive ketones (excluding diaryl/α,β-unsaturated/α-hetero) is 1. The van der Waals surface area contributed by atoms with Crippen LogP contribution in [0.5, 0.6) is 0 Å². The molecule has 0 bridgehead atoms. The third-order valence-corrected chi connectivity index (χ3v) is 3.23. The van der Waals surface area contributed by atoms with E-state index in [4.69, 9.17) is 4.74 Å². The van der Waals surface area contributed by atoms with Gasteiger partial charge >= 0.3 is 5.97 Å². The lowest BCUT2D eigenvalue weighted by Gasteiger charge is -2.22. The maximum absolute atomic E-state index is 12.5. The summed E-state index contributed by atoms with van der Waals surface area (Å²) in [4.78, 5) is 24.6. The second-order valence-corrected chi connectivity index (χ2v) is 6.00. The predicted molar refractivity (Wildman–Crippen MR) is 73.0 cm³/mol. The third kappa shape index (κ3) is 3.22. The molecule has 102 valence electrons. The number of benzene rings is 1. The number of aryl methyl sites for hydroxylation is 1. The van der Waals surface area contributed by atoms with E-state index >= 15 is 0 Å². The number of esters is 1. The van der Waals surface area contributed by atoms with E-state index in [1.54, 1.807) is 6.07 Å². The van der Waals surface area contributed by atoms with Crippen LogP contribution in [-0.4, -0.2) is 17.4 Å². The summed E-state index contributed by atoms with van der Waals surface area (Å²) in [6.45, 7) is 5.46. The molecule has 0 aliphatic heterocycles. The molecule has 1 aromatic rings. The molecule has 0 radical (unpaired) electrons. The average Bonchev–Trinajstić information content (AvgIpc) is 2.47. The maximum atomic E-state index is 12.5. The summed E-state index contributed by atoms with van der Waals surface area (Å²) in [5.41, 5.74) is 1.16. The molecule has 3 nitrogen and oxygen atoms in total. The zero-order chi connectivity index (χ0) is 14.0. The van der Waals surface area contributed by atoms with Crippen molar-refractivity contribution in [1.82, 2.24) is 0 Å². The van der Waals surface area contributed by atoms with Crippen LogP contribution in [0.15, 0.2) is 24.3 Å². The highest BCUT2D eigenvalue weighted by Gasteiger charge is 2.34. The molecule has 0 saturated heterocycles. The van der Waals surface area contributed by atoms with Gasteiger partial charge in [0.05, 0.1) is 0 Å². The van der Waals surface area contributed by atoms with Crippen molar-refractivity contribution >= 4 is 11.8 Å². The minimum atomic E-state index is -0.650. The van der Waals surface area contributed by atoms with Gasteiger partial charge in [-0.25, -0.2) is 0 Å². The van der Waals surface area contributed by atoms with E-state index in [2.05, 4.69) is 0 Å². The molecule has 19 heavy (non-hydrogen) atoms. The monoisotopic (exact) mass is 260 g/mol. The highest BCUT2D eigenvalue weighted by Crippen LogP contribution is 2.26. The number of fused-ring (bicyclic) bond motifs is 1. The summed E-state index contributed by atoms with van der Waals surface area (Å²) in [5.74, 6) is -1.14. The van der Waals surface area contributed by atoms with Crippen molar-refractivity contribution in [2.45, 2.75) is 45.6 Å². The first-order valence-electron chi connectivity index (χ1n) is 6.73. The molecular formula is C16H20O3. The fourth-order valence-electron chi connectivity index (χ4n) is 2.39. The molecule has 0 aromatic heterocycles. The third-order valence-electron chi connectivity index (χ3n) is 3.23. The number of rotatable bonds is 1. The molecule has 1 aromatic carbocycles. The second-order valence-electron chi connectivity index (χ2n) is 6.00. The van der Waals surface area contributed by atoms with Crippen LogP contribution < -0.4 is 0 Å². The molecule has 0 spiro atoms. The first kappa shape index (κ1) is 13.8. The summed E-state index contributed by atoms with van der Waals surface area (Å²) >= 11 is 0. The van der Waals surface area contributed by atoms with E-state index in [1.807, 2.05) is 39.0 Å². The Morgan fingerprint density at radius 3 is 2.63 bits per heavy atom. The van der Waals surface area contributed by atoms with Gasteiger partial charge in [-0.05, 0) is 45.6 Å². The van der Waals surface area contributed by atoms with Gasteiger partial charge in [0.15, 0.2) is 5.78 Å². The Morgan fingerprint density at radius 1 is 1.26 bits per heavy atom. The van der Waals surface area contributed by atoms with Crippen LogP contribution in [0.2, 0.25) is 0 Å². The van der Waals surface area contributed by atoms with Crippen LogP contribution in [-0.2, 0) is 16.0 Å². The maximum Gasteiger partial charge on any atom is 0.317 e. The van der Waals surface area contributed by atoms with E-state index in [0.29, 0.717) is 12.0 Å². The number of carbonyl (C=O) groups is 2. The Morgan fingerprint density at radius 2 is 1.95 bits per heavy atom. The van der Waals surface area contributed by atoms with Gasteiger partial charge in [-0.1, -0.05) is 24.3 Å². The molecule has 1 unspecified atom stereocenters. The molecule has 0 fully saturated rings. The molecule has 0 amide bonds. The van der Waals surface area contributed by atoms with Gasteiger partial charge in [-0.3, -0.25) is 9.59 Å². The van der Waals surface area contributed by atoms with Crippen LogP contribution >= 0.6 is 0 Å². The zero-order valence-corrected chi connectivity index (χ0v) is 11.7. The predicted octanol–water partition coefficient (Wildman–Crippen LogP) is 3.16. The first-order chi connectivity index (χ1) is 8.88. The number of hydrogen-bond donors (Lipinski definition) is 0. The van der Waals surface area contributed by atoms with Crippen molar-refractivity contribution in [3.8, 4) is 0 Å². The van der Waals surface area contributed by atoms with Crippen molar-refractivity contribution < 1.29 is 14.3 Å². The highest BCUT2D eigenvalue weighted by atomic mass is 16.6. The lowest BCUT2D eigenvalue weighted by Crippen LogP contribution is -2.32.